The van der Waals surface area contributed by atoms with E-state index in [2.05, 4.69) is 15.6 Å². The molecule has 0 atom stereocenters. The minimum Gasteiger partial charge on any atom is -0.383 e. The molecule has 2 rings (SSSR count). The summed E-state index contributed by atoms with van der Waals surface area (Å²) in [7, 11) is 1.66. The highest BCUT2D eigenvalue weighted by Crippen LogP contribution is 2.12. The maximum absolute atomic E-state index is 12.1. The van der Waals surface area contributed by atoms with Gasteiger partial charge >= 0.3 is 0 Å². The van der Waals surface area contributed by atoms with Gasteiger partial charge in [0.25, 0.3) is 5.91 Å². The van der Waals surface area contributed by atoms with Crippen LogP contribution in [0.25, 0.3) is 0 Å². The van der Waals surface area contributed by atoms with Crippen molar-refractivity contribution in [2.45, 2.75) is 6.92 Å². The van der Waals surface area contributed by atoms with E-state index < -0.39 is 0 Å². The van der Waals surface area contributed by atoms with Crippen LogP contribution >= 0.6 is 0 Å². The molecule has 0 radical (unpaired) electrons. The van der Waals surface area contributed by atoms with E-state index in [9.17, 15) is 4.79 Å². The maximum atomic E-state index is 12.1. The second-order valence-corrected chi connectivity index (χ2v) is 4.62. The number of pyridine rings is 1. The average molecular weight is 285 g/mol. The number of benzene rings is 1. The van der Waals surface area contributed by atoms with Crippen molar-refractivity contribution in [1.82, 2.24) is 4.98 Å². The van der Waals surface area contributed by atoms with E-state index in [0.717, 1.165) is 11.3 Å². The van der Waals surface area contributed by atoms with Crippen LogP contribution in [0.4, 0.5) is 11.5 Å². The van der Waals surface area contributed by atoms with Gasteiger partial charge in [0.15, 0.2) is 0 Å². The van der Waals surface area contributed by atoms with Gasteiger partial charge in [-0.3, -0.25) is 4.79 Å². The Balaban J connectivity index is 1.97. The summed E-state index contributed by atoms with van der Waals surface area (Å²) in [6.45, 7) is 3.25. The van der Waals surface area contributed by atoms with Crippen molar-refractivity contribution in [1.29, 1.82) is 0 Å². The van der Waals surface area contributed by atoms with Crippen LogP contribution in [0.1, 0.15) is 15.9 Å². The molecule has 1 aromatic heterocycles. The monoisotopic (exact) mass is 285 g/mol. The minimum atomic E-state index is -0.152. The van der Waals surface area contributed by atoms with Crippen LogP contribution in [0.2, 0.25) is 0 Å². The Morgan fingerprint density at radius 2 is 2.05 bits per heavy atom. The number of carbonyl (C=O) groups is 1. The van der Waals surface area contributed by atoms with Crippen LogP contribution in [-0.2, 0) is 4.74 Å². The molecule has 0 saturated heterocycles. The molecule has 0 aliphatic heterocycles. The number of methoxy groups -OCH3 is 1. The van der Waals surface area contributed by atoms with Gasteiger partial charge in [-0.15, -0.1) is 0 Å². The Kier molecular flexibility index (Phi) is 5.29. The molecule has 21 heavy (non-hydrogen) atoms. The van der Waals surface area contributed by atoms with Gasteiger partial charge in [0.05, 0.1) is 18.5 Å². The van der Waals surface area contributed by atoms with E-state index >= 15 is 0 Å². The Morgan fingerprint density at radius 1 is 1.24 bits per heavy atom. The number of amides is 1. The predicted octanol–water partition coefficient (Wildman–Crippen LogP) is 2.70. The molecule has 0 unspecified atom stereocenters. The van der Waals surface area contributed by atoms with E-state index in [1.54, 1.807) is 25.4 Å². The lowest BCUT2D eigenvalue weighted by molar-refractivity contribution is 0.102. The SMILES string of the molecule is COCCNc1ccc(NC(=O)c2ccccc2C)nc1. The molecular formula is C16H19N3O2. The number of nitrogens with one attached hydrogen (secondary N) is 2. The number of hydrogen-bond acceptors (Lipinski definition) is 4. The summed E-state index contributed by atoms with van der Waals surface area (Å²) in [5, 5.41) is 5.96. The van der Waals surface area contributed by atoms with Gasteiger partial charge < -0.3 is 15.4 Å². The molecule has 5 nitrogen and oxygen atoms in total. The van der Waals surface area contributed by atoms with Crippen LogP contribution in [-0.4, -0.2) is 31.2 Å². The number of rotatable bonds is 6. The summed E-state index contributed by atoms with van der Waals surface area (Å²) < 4.78 is 4.96. The smallest absolute Gasteiger partial charge is 0.257 e. The van der Waals surface area contributed by atoms with Crippen molar-refractivity contribution in [3.63, 3.8) is 0 Å². The lowest BCUT2D eigenvalue weighted by atomic mass is 10.1. The molecule has 0 bridgehead atoms. The number of ether oxygens (including phenoxy) is 1. The first kappa shape index (κ1) is 15.0. The lowest BCUT2D eigenvalue weighted by Gasteiger charge is -2.08. The van der Waals surface area contributed by atoms with Gasteiger partial charge in [0.2, 0.25) is 0 Å². The summed E-state index contributed by atoms with van der Waals surface area (Å²) in [5.41, 5.74) is 2.48. The zero-order valence-corrected chi connectivity index (χ0v) is 12.2. The zero-order valence-electron chi connectivity index (χ0n) is 12.2. The first-order valence-corrected chi connectivity index (χ1v) is 6.76. The number of aryl methyl sites for hydroxylation is 1. The fourth-order valence-corrected chi connectivity index (χ4v) is 1.88. The summed E-state index contributed by atoms with van der Waals surface area (Å²) in [6, 6.07) is 11.1. The van der Waals surface area contributed by atoms with Crippen molar-refractivity contribution >= 4 is 17.4 Å². The molecule has 0 saturated carbocycles. The Labute approximate surface area is 124 Å². The predicted molar refractivity (Wildman–Crippen MR) is 83.7 cm³/mol. The fraction of sp³-hybridized carbons (Fsp3) is 0.250. The van der Waals surface area contributed by atoms with E-state index in [1.165, 1.54) is 0 Å². The third-order valence-electron chi connectivity index (χ3n) is 3.03. The normalized spacial score (nSPS) is 10.2. The topological polar surface area (TPSA) is 63.2 Å². The van der Waals surface area contributed by atoms with Crippen molar-refractivity contribution in [2.24, 2.45) is 0 Å². The van der Waals surface area contributed by atoms with E-state index in [0.29, 0.717) is 24.5 Å². The Bertz CT molecular complexity index is 597. The molecule has 0 aliphatic rings. The third kappa shape index (κ3) is 4.29. The van der Waals surface area contributed by atoms with E-state index in [4.69, 9.17) is 4.74 Å². The first-order chi connectivity index (χ1) is 10.2. The Morgan fingerprint density at radius 3 is 2.71 bits per heavy atom. The molecule has 1 aromatic carbocycles. The van der Waals surface area contributed by atoms with Crippen molar-refractivity contribution in [3.05, 3.63) is 53.7 Å². The van der Waals surface area contributed by atoms with Crippen LogP contribution < -0.4 is 10.6 Å². The molecule has 1 amide bonds. The number of nitrogens with zero attached hydrogens (tertiary/aromatic N) is 1. The van der Waals surface area contributed by atoms with Gasteiger partial charge in [-0.1, -0.05) is 18.2 Å². The summed E-state index contributed by atoms with van der Waals surface area (Å²) >= 11 is 0. The van der Waals surface area contributed by atoms with Gasteiger partial charge in [-0.05, 0) is 30.7 Å². The van der Waals surface area contributed by atoms with Gasteiger partial charge in [0.1, 0.15) is 5.82 Å². The molecule has 2 aromatic rings. The summed E-state index contributed by atoms with van der Waals surface area (Å²) in [4.78, 5) is 16.4. The molecule has 2 N–H and O–H groups in total. The van der Waals surface area contributed by atoms with Gasteiger partial charge in [-0.25, -0.2) is 4.98 Å². The number of hydrogen-bond donors (Lipinski definition) is 2. The van der Waals surface area contributed by atoms with Crippen molar-refractivity contribution < 1.29 is 9.53 Å². The molecular weight excluding hydrogens is 266 g/mol. The molecule has 0 aliphatic carbocycles. The third-order valence-corrected chi connectivity index (χ3v) is 3.03. The van der Waals surface area contributed by atoms with Gasteiger partial charge in [0, 0.05) is 19.2 Å². The molecule has 1 heterocycles. The second-order valence-electron chi connectivity index (χ2n) is 4.62. The number of anilines is 2. The molecule has 5 heteroatoms. The highest BCUT2D eigenvalue weighted by atomic mass is 16.5. The highest BCUT2D eigenvalue weighted by molar-refractivity contribution is 6.04. The van der Waals surface area contributed by atoms with Gasteiger partial charge in [-0.2, -0.15) is 0 Å². The number of aromatic nitrogens is 1. The van der Waals surface area contributed by atoms with E-state index in [1.807, 2.05) is 31.2 Å². The van der Waals surface area contributed by atoms with Crippen LogP contribution in [0.15, 0.2) is 42.6 Å². The number of carbonyl (C=O) groups excluding carboxylic acids is 1. The average Bonchev–Trinajstić information content (AvgIpc) is 2.49. The van der Waals surface area contributed by atoms with Crippen molar-refractivity contribution in [2.75, 3.05) is 30.9 Å². The molecule has 0 spiro atoms. The molecule has 110 valence electrons. The molecule has 0 fully saturated rings. The minimum absolute atomic E-state index is 0.152. The first-order valence-electron chi connectivity index (χ1n) is 6.76. The summed E-state index contributed by atoms with van der Waals surface area (Å²) in [5.74, 6) is 0.376. The van der Waals surface area contributed by atoms with Crippen LogP contribution in [0.5, 0.6) is 0 Å². The lowest BCUT2D eigenvalue weighted by Crippen LogP contribution is -2.14. The zero-order chi connectivity index (χ0) is 15.1. The highest BCUT2D eigenvalue weighted by Gasteiger charge is 2.08. The second kappa shape index (κ2) is 7.40. The van der Waals surface area contributed by atoms with Crippen molar-refractivity contribution in [3.8, 4) is 0 Å². The Hall–Kier alpha value is -2.40. The summed E-state index contributed by atoms with van der Waals surface area (Å²) in [6.07, 6.45) is 1.68. The van der Waals surface area contributed by atoms with Crippen LogP contribution in [0.3, 0.4) is 0 Å². The maximum Gasteiger partial charge on any atom is 0.257 e. The fourth-order valence-electron chi connectivity index (χ4n) is 1.88. The largest absolute Gasteiger partial charge is 0.383 e. The quantitative estimate of drug-likeness (QED) is 0.801. The van der Waals surface area contributed by atoms with E-state index in [-0.39, 0.29) is 5.91 Å². The van der Waals surface area contributed by atoms with Crippen LogP contribution in [0, 0.1) is 6.92 Å². The standard InChI is InChI=1S/C16H19N3O2/c1-12-5-3-4-6-14(12)16(20)19-15-8-7-13(11-18-15)17-9-10-21-2/h3-8,11,17H,9-10H2,1-2H3,(H,18,19,20).